The third-order valence-electron chi connectivity index (χ3n) is 5.46. The van der Waals surface area contributed by atoms with Gasteiger partial charge in [-0.3, -0.25) is 19.7 Å². The van der Waals surface area contributed by atoms with E-state index in [1.807, 2.05) is 17.0 Å². The highest BCUT2D eigenvalue weighted by Gasteiger charge is 2.25. The number of hydrogen-bond acceptors (Lipinski definition) is 5. The summed E-state index contributed by atoms with van der Waals surface area (Å²) in [6, 6.07) is 14.0. The number of carbonyl (C=O) groups is 2. The third-order valence-corrected chi connectivity index (χ3v) is 5.46. The van der Waals surface area contributed by atoms with E-state index in [4.69, 9.17) is 0 Å². The van der Waals surface area contributed by atoms with Crippen molar-refractivity contribution in [1.29, 1.82) is 0 Å². The van der Waals surface area contributed by atoms with Crippen LogP contribution in [0.25, 0.3) is 0 Å². The number of nitrogens with zero attached hydrogens (tertiary/aromatic N) is 3. The van der Waals surface area contributed by atoms with Gasteiger partial charge in [-0.15, -0.1) is 0 Å². The number of piperazine rings is 1. The molecule has 0 atom stereocenters. The summed E-state index contributed by atoms with van der Waals surface area (Å²) in [6.45, 7) is 8.13. The molecule has 2 aromatic rings. The highest BCUT2D eigenvalue weighted by atomic mass is 16.6. The molecule has 1 fully saturated rings. The molecule has 31 heavy (non-hydrogen) atoms. The van der Waals surface area contributed by atoms with Gasteiger partial charge in [-0.1, -0.05) is 45.0 Å². The summed E-state index contributed by atoms with van der Waals surface area (Å²) in [5.41, 5.74) is 2.28. The van der Waals surface area contributed by atoms with Crippen molar-refractivity contribution in [2.24, 2.45) is 0 Å². The average molecular weight is 425 g/mol. The molecule has 0 aromatic heterocycles. The molecule has 8 nitrogen and oxygen atoms in total. The highest BCUT2D eigenvalue weighted by molar-refractivity contribution is 5.96. The van der Waals surface area contributed by atoms with Gasteiger partial charge in [-0.2, -0.15) is 0 Å². The number of para-hydroxylation sites is 2. The van der Waals surface area contributed by atoms with Crippen LogP contribution < -0.4 is 10.2 Å². The van der Waals surface area contributed by atoms with Crippen LogP contribution in [0, 0.1) is 10.1 Å². The van der Waals surface area contributed by atoms with E-state index in [0.717, 1.165) is 5.56 Å². The predicted molar refractivity (Wildman–Crippen MR) is 119 cm³/mol. The Morgan fingerprint density at radius 2 is 1.61 bits per heavy atom. The lowest BCUT2D eigenvalue weighted by atomic mass is 9.87. The van der Waals surface area contributed by atoms with Crippen LogP contribution in [-0.2, 0) is 10.2 Å². The van der Waals surface area contributed by atoms with Crippen molar-refractivity contribution in [2.45, 2.75) is 26.2 Å². The number of benzene rings is 2. The van der Waals surface area contributed by atoms with Crippen LogP contribution in [0.1, 0.15) is 36.7 Å². The Morgan fingerprint density at radius 3 is 2.19 bits per heavy atom. The minimum Gasteiger partial charge on any atom is -0.362 e. The van der Waals surface area contributed by atoms with Crippen molar-refractivity contribution < 1.29 is 14.5 Å². The number of rotatable bonds is 5. The van der Waals surface area contributed by atoms with Crippen LogP contribution >= 0.6 is 0 Å². The van der Waals surface area contributed by atoms with E-state index in [2.05, 4.69) is 26.1 Å². The Morgan fingerprint density at radius 1 is 1.00 bits per heavy atom. The lowest BCUT2D eigenvalue weighted by Gasteiger charge is -2.35. The van der Waals surface area contributed by atoms with Crippen LogP contribution in [0.4, 0.5) is 11.4 Å². The molecule has 0 saturated carbocycles. The summed E-state index contributed by atoms with van der Waals surface area (Å²) in [5.74, 6) is -0.450. The fourth-order valence-electron chi connectivity index (χ4n) is 3.57. The molecular weight excluding hydrogens is 396 g/mol. The molecule has 0 bridgehead atoms. The van der Waals surface area contributed by atoms with Crippen LogP contribution in [0.3, 0.4) is 0 Å². The molecule has 0 radical (unpaired) electrons. The fourth-order valence-corrected chi connectivity index (χ4v) is 3.57. The second-order valence-electron chi connectivity index (χ2n) is 8.62. The summed E-state index contributed by atoms with van der Waals surface area (Å²) < 4.78 is 0. The first kappa shape index (κ1) is 22.3. The average Bonchev–Trinajstić information content (AvgIpc) is 2.76. The Balaban J connectivity index is 1.51. The van der Waals surface area contributed by atoms with E-state index in [1.165, 1.54) is 6.07 Å². The molecule has 1 saturated heterocycles. The van der Waals surface area contributed by atoms with Crippen LogP contribution in [0.2, 0.25) is 0 Å². The quantitative estimate of drug-likeness (QED) is 0.588. The topological polar surface area (TPSA) is 95.8 Å². The lowest BCUT2D eigenvalue weighted by molar-refractivity contribution is -0.384. The maximum absolute atomic E-state index is 12.5. The smallest absolute Gasteiger partial charge is 0.292 e. The van der Waals surface area contributed by atoms with Crippen molar-refractivity contribution in [3.63, 3.8) is 0 Å². The van der Waals surface area contributed by atoms with E-state index in [-0.39, 0.29) is 29.5 Å². The number of nitro groups is 1. The van der Waals surface area contributed by atoms with E-state index < -0.39 is 4.92 Å². The molecule has 1 N–H and O–H groups in total. The highest BCUT2D eigenvalue weighted by Crippen LogP contribution is 2.28. The van der Waals surface area contributed by atoms with E-state index in [0.29, 0.717) is 37.4 Å². The molecule has 0 spiro atoms. The second kappa shape index (κ2) is 9.16. The zero-order valence-electron chi connectivity index (χ0n) is 18.1. The molecule has 1 aliphatic heterocycles. The van der Waals surface area contributed by atoms with Gasteiger partial charge in [0.05, 0.1) is 11.5 Å². The first-order valence-corrected chi connectivity index (χ1v) is 10.3. The monoisotopic (exact) mass is 424 g/mol. The van der Waals surface area contributed by atoms with Crippen LogP contribution in [0.5, 0.6) is 0 Å². The Hall–Kier alpha value is -3.42. The summed E-state index contributed by atoms with van der Waals surface area (Å²) in [7, 11) is 0. The van der Waals surface area contributed by atoms with Gasteiger partial charge in [0, 0.05) is 37.8 Å². The summed E-state index contributed by atoms with van der Waals surface area (Å²) in [6.07, 6.45) is 0. The maximum atomic E-state index is 12.5. The molecule has 2 amide bonds. The van der Waals surface area contributed by atoms with Crippen molar-refractivity contribution in [3.8, 4) is 0 Å². The maximum Gasteiger partial charge on any atom is 0.292 e. The molecule has 1 heterocycles. The van der Waals surface area contributed by atoms with Gasteiger partial charge < -0.3 is 15.1 Å². The van der Waals surface area contributed by atoms with Gasteiger partial charge in [0.25, 0.3) is 11.6 Å². The van der Waals surface area contributed by atoms with Crippen LogP contribution in [0.15, 0.2) is 48.5 Å². The minimum absolute atomic E-state index is 0.00724. The zero-order chi connectivity index (χ0) is 22.6. The number of nitrogens with one attached hydrogen (secondary N) is 1. The number of anilines is 1. The largest absolute Gasteiger partial charge is 0.362 e. The van der Waals surface area contributed by atoms with Gasteiger partial charge >= 0.3 is 0 Å². The first-order chi connectivity index (χ1) is 14.7. The number of carbonyl (C=O) groups excluding carboxylic acids is 2. The number of amides is 2. The fraction of sp³-hybridized carbons (Fsp3) is 0.391. The van der Waals surface area contributed by atoms with Gasteiger partial charge in [-0.25, -0.2) is 0 Å². The Bertz CT molecular complexity index is 958. The van der Waals surface area contributed by atoms with E-state index >= 15 is 0 Å². The first-order valence-electron chi connectivity index (χ1n) is 10.3. The number of hydrogen-bond donors (Lipinski definition) is 1. The zero-order valence-corrected chi connectivity index (χ0v) is 18.1. The lowest BCUT2D eigenvalue weighted by Crippen LogP contribution is -2.51. The molecule has 2 aromatic carbocycles. The molecule has 3 rings (SSSR count). The second-order valence-corrected chi connectivity index (χ2v) is 8.62. The van der Waals surface area contributed by atoms with Gasteiger partial charge in [-0.05, 0) is 29.2 Å². The summed E-state index contributed by atoms with van der Waals surface area (Å²) in [4.78, 5) is 39.3. The molecule has 164 valence electrons. The Kier molecular flexibility index (Phi) is 6.58. The van der Waals surface area contributed by atoms with E-state index in [9.17, 15) is 19.7 Å². The van der Waals surface area contributed by atoms with Crippen molar-refractivity contribution in [2.75, 3.05) is 37.6 Å². The van der Waals surface area contributed by atoms with Gasteiger partial charge in [0.15, 0.2) is 0 Å². The standard InChI is InChI=1S/C23H28N4O4/c1-23(2,3)18-10-8-17(9-11-18)22(29)24-16-21(28)26-14-12-25(13-15-26)19-6-4-5-7-20(19)27(30)31/h4-11H,12-16H2,1-3H3,(H,24,29). The van der Waals surface area contributed by atoms with Crippen molar-refractivity contribution >= 4 is 23.2 Å². The molecular formula is C23H28N4O4. The number of nitro benzene ring substituents is 1. The van der Waals surface area contributed by atoms with Crippen molar-refractivity contribution in [3.05, 3.63) is 69.8 Å². The molecule has 8 heteroatoms. The normalized spacial score (nSPS) is 14.3. The summed E-state index contributed by atoms with van der Waals surface area (Å²) >= 11 is 0. The van der Waals surface area contributed by atoms with Crippen molar-refractivity contribution in [1.82, 2.24) is 10.2 Å². The Labute approximate surface area is 182 Å². The third kappa shape index (κ3) is 5.39. The SMILES string of the molecule is CC(C)(C)c1ccc(C(=O)NCC(=O)N2CCN(c3ccccc3[N+](=O)[O-])CC2)cc1. The van der Waals surface area contributed by atoms with E-state index in [1.54, 1.807) is 35.2 Å². The summed E-state index contributed by atoms with van der Waals surface area (Å²) in [5, 5.41) is 13.9. The van der Waals surface area contributed by atoms with Gasteiger partial charge in [0.2, 0.25) is 5.91 Å². The minimum atomic E-state index is -0.392. The van der Waals surface area contributed by atoms with Gasteiger partial charge in [0.1, 0.15) is 5.69 Å². The molecule has 0 unspecified atom stereocenters. The molecule has 1 aliphatic rings. The predicted octanol–water partition coefficient (Wildman–Crippen LogP) is 2.97. The molecule has 0 aliphatic carbocycles. The van der Waals surface area contributed by atoms with Crippen LogP contribution in [-0.4, -0.2) is 54.4 Å².